The second-order valence-corrected chi connectivity index (χ2v) is 3.43. The topological polar surface area (TPSA) is 26.3 Å². The van der Waals surface area contributed by atoms with E-state index in [0.29, 0.717) is 0 Å². The molecule has 0 fully saturated rings. The highest BCUT2D eigenvalue weighted by molar-refractivity contribution is 14.1. The van der Waals surface area contributed by atoms with Crippen LogP contribution in [0.1, 0.15) is 33.6 Å². The van der Waals surface area contributed by atoms with Gasteiger partial charge in [-0.25, -0.2) is 0 Å². The number of ether oxygens (including phenoxy) is 1. The van der Waals surface area contributed by atoms with Gasteiger partial charge in [-0.15, -0.1) is 0 Å². The van der Waals surface area contributed by atoms with Gasteiger partial charge in [0.1, 0.15) is 5.76 Å². The van der Waals surface area contributed by atoms with Gasteiger partial charge < -0.3 is 4.74 Å². The first-order valence-corrected chi connectivity index (χ1v) is 4.75. The second kappa shape index (κ2) is 5.57. The minimum atomic E-state index is -0.232. The SMILES string of the molecule is CC/C(I)=C(/CC)OC(C)=O. The average Bonchev–Trinajstić information content (AvgIpc) is 1.98. The van der Waals surface area contributed by atoms with Gasteiger partial charge in [-0.3, -0.25) is 4.79 Å². The maximum Gasteiger partial charge on any atom is 0.307 e. The van der Waals surface area contributed by atoms with E-state index in [-0.39, 0.29) is 5.97 Å². The van der Waals surface area contributed by atoms with Crippen LogP contribution in [0.2, 0.25) is 0 Å². The summed E-state index contributed by atoms with van der Waals surface area (Å²) < 4.78 is 6.11. The summed E-state index contributed by atoms with van der Waals surface area (Å²) in [5, 5.41) is 0. The predicted molar refractivity (Wildman–Crippen MR) is 53.4 cm³/mol. The fourth-order valence-electron chi connectivity index (χ4n) is 0.690. The van der Waals surface area contributed by atoms with Crippen LogP contribution in [0.4, 0.5) is 0 Å². The summed E-state index contributed by atoms with van der Waals surface area (Å²) >= 11 is 2.20. The minimum absolute atomic E-state index is 0.232. The summed E-state index contributed by atoms with van der Waals surface area (Å²) in [5.41, 5.74) is 0. The molecule has 0 atom stereocenters. The summed E-state index contributed by atoms with van der Waals surface area (Å²) in [6, 6.07) is 0. The average molecular weight is 268 g/mol. The quantitative estimate of drug-likeness (QED) is 0.447. The third-order valence-corrected chi connectivity index (χ3v) is 2.57. The summed E-state index contributed by atoms with van der Waals surface area (Å²) in [6.07, 6.45) is 1.71. The normalized spacial score (nSPS) is 12.4. The Balaban J connectivity index is 4.26. The predicted octanol–water partition coefficient (Wildman–Crippen LogP) is 3.02. The van der Waals surface area contributed by atoms with Crippen LogP contribution in [-0.2, 0) is 9.53 Å². The van der Waals surface area contributed by atoms with Crippen molar-refractivity contribution in [2.75, 3.05) is 0 Å². The van der Waals surface area contributed by atoms with Crippen LogP contribution in [0, 0.1) is 0 Å². The zero-order chi connectivity index (χ0) is 8.85. The summed E-state index contributed by atoms with van der Waals surface area (Å²) in [6.45, 7) is 5.45. The van der Waals surface area contributed by atoms with Crippen molar-refractivity contribution in [2.24, 2.45) is 0 Å². The molecule has 3 heteroatoms. The fourth-order valence-corrected chi connectivity index (χ4v) is 1.18. The summed E-state index contributed by atoms with van der Waals surface area (Å²) in [5.74, 6) is 0.574. The number of carbonyl (C=O) groups excluding carboxylic acids is 1. The van der Waals surface area contributed by atoms with E-state index in [1.54, 1.807) is 0 Å². The number of hydrogen-bond donors (Lipinski definition) is 0. The third-order valence-electron chi connectivity index (χ3n) is 1.20. The molecular weight excluding hydrogens is 255 g/mol. The standard InChI is InChI=1S/C8H13IO2/c1-4-7(9)8(5-2)11-6(3)10/h4-5H2,1-3H3/b8-7+. The maximum absolute atomic E-state index is 10.6. The molecule has 0 aliphatic carbocycles. The number of rotatable bonds is 3. The van der Waals surface area contributed by atoms with Crippen LogP contribution in [0.3, 0.4) is 0 Å². The Hall–Kier alpha value is -0.0600. The van der Waals surface area contributed by atoms with E-state index in [1.807, 2.05) is 13.8 Å². The molecule has 0 aromatic carbocycles. The van der Waals surface area contributed by atoms with Crippen LogP contribution in [0.25, 0.3) is 0 Å². The lowest BCUT2D eigenvalue weighted by atomic mass is 10.3. The molecule has 0 aromatic heterocycles. The van der Waals surface area contributed by atoms with Crippen molar-refractivity contribution >= 4 is 28.6 Å². The van der Waals surface area contributed by atoms with Crippen LogP contribution in [-0.4, -0.2) is 5.97 Å². The molecule has 0 amide bonds. The Morgan fingerprint density at radius 3 is 2.18 bits per heavy atom. The number of allylic oxidation sites excluding steroid dienone is 2. The van der Waals surface area contributed by atoms with E-state index in [0.717, 1.165) is 22.2 Å². The van der Waals surface area contributed by atoms with Gasteiger partial charge in [-0.05, 0) is 29.0 Å². The van der Waals surface area contributed by atoms with Gasteiger partial charge in [0.2, 0.25) is 0 Å². The summed E-state index contributed by atoms with van der Waals surface area (Å²) in [4.78, 5) is 10.6. The molecule has 0 aromatic rings. The Morgan fingerprint density at radius 2 is 1.91 bits per heavy atom. The van der Waals surface area contributed by atoms with E-state index < -0.39 is 0 Å². The van der Waals surface area contributed by atoms with E-state index >= 15 is 0 Å². The first-order valence-electron chi connectivity index (χ1n) is 3.67. The van der Waals surface area contributed by atoms with Crippen LogP contribution in [0.15, 0.2) is 9.34 Å². The van der Waals surface area contributed by atoms with Gasteiger partial charge in [0.05, 0.1) is 0 Å². The summed E-state index contributed by atoms with van der Waals surface area (Å²) in [7, 11) is 0. The lowest BCUT2D eigenvalue weighted by Crippen LogP contribution is -1.99. The molecule has 0 aliphatic rings. The Kier molecular flexibility index (Phi) is 5.54. The number of esters is 1. The van der Waals surface area contributed by atoms with Gasteiger partial charge in [-0.2, -0.15) is 0 Å². The molecular formula is C8H13IO2. The van der Waals surface area contributed by atoms with Crippen molar-refractivity contribution in [2.45, 2.75) is 33.6 Å². The molecule has 0 rings (SSSR count). The maximum atomic E-state index is 10.6. The molecule has 2 nitrogen and oxygen atoms in total. The highest BCUT2D eigenvalue weighted by atomic mass is 127. The first-order chi connectivity index (χ1) is 5.11. The number of hydrogen-bond acceptors (Lipinski definition) is 2. The van der Waals surface area contributed by atoms with E-state index in [1.165, 1.54) is 6.92 Å². The Labute approximate surface area is 81.1 Å². The molecule has 0 spiro atoms. The number of carbonyl (C=O) groups is 1. The van der Waals surface area contributed by atoms with Crippen molar-refractivity contribution in [3.8, 4) is 0 Å². The van der Waals surface area contributed by atoms with Crippen molar-refractivity contribution < 1.29 is 9.53 Å². The Morgan fingerprint density at radius 1 is 1.36 bits per heavy atom. The van der Waals surface area contributed by atoms with E-state index in [4.69, 9.17) is 4.74 Å². The molecule has 0 bridgehead atoms. The minimum Gasteiger partial charge on any atom is -0.431 e. The Bertz CT molecular complexity index is 173. The van der Waals surface area contributed by atoms with Gasteiger partial charge in [0.15, 0.2) is 0 Å². The smallest absolute Gasteiger partial charge is 0.307 e. The van der Waals surface area contributed by atoms with Crippen molar-refractivity contribution in [3.63, 3.8) is 0 Å². The first kappa shape index (κ1) is 10.9. The molecule has 0 radical (unpaired) electrons. The molecule has 0 saturated carbocycles. The fraction of sp³-hybridized carbons (Fsp3) is 0.625. The zero-order valence-corrected chi connectivity index (χ0v) is 9.27. The molecule has 0 saturated heterocycles. The van der Waals surface area contributed by atoms with Crippen LogP contribution < -0.4 is 0 Å². The van der Waals surface area contributed by atoms with Crippen molar-refractivity contribution in [1.29, 1.82) is 0 Å². The van der Waals surface area contributed by atoms with Crippen LogP contribution >= 0.6 is 22.6 Å². The molecule has 0 unspecified atom stereocenters. The largest absolute Gasteiger partial charge is 0.431 e. The van der Waals surface area contributed by atoms with Gasteiger partial charge in [0.25, 0.3) is 0 Å². The highest BCUT2D eigenvalue weighted by Gasteiger charge is 2.03. The van der Waals surface area contributed by atoms with Crippen LogP contribution in [0.5, 0.6) is 0 Å². The zero-order valence-electron chi connectivity index (χ0n) is 7.11. The van der Waals surface area contributed by atoms with E-state index in [2.05, 4.69) is 22.6 Å². The number of halogens is 1. The lowest BCUT2D eigenvalue weighted by Gasteiger charge is -2.05. The monoisotopic (exact) mass is 268 g/mol. The molecule has 64 valence electrons. The lowest BCUT2D eigenvalue weighted by molar-refractivity contribution is -0.137. The van der Waals surface area contributed by atoms with Gasteiger partial charge >= 0.3 is 5.97 Å². The van der Waals surface area contributed by atoms with E-state index in [9.17, 15) is 4.79 Å². The van der Waals surface area contributed by atoms with Gasteiger partial charge in [-0.1, -0.05) is 13.8 Å². The van der Waals surface area contributed by atoms with Crippen molar-refractivity contribution in [1.82, 2.24) is 0 Å². The third kappa shape index (κ3) is 4.40. The van der Waals surface area contributed by atoms with Crippen molar-refractivity contribution in [3.05, 3.63) is 9.34 Å². The second-order valence-electron chi connectivity index (χ2n) is 2.13. The van der Waals surface area contributed by atoms with Gasteiger partial charge in [0, 0.05) is 16.9 Å². The highest BCUT2D eigenvalue weighted by Crippen LogP contribution is 2.19. The molecule has 0 aliphatic heterocycles. The molecule has 0 N–H and O–H groups in total. The molecule has 11 heavy (non-hydrogen) atoms. The molecule has 0 heterocycles.